The van der Waals surface area contributed by atoms with Crippen LogP contribution in [0.5, 0.6) is 0 Å². The fraction of sp³-hybridized carbons (Fsp3) is 0.500. The van der Waals surface area contributed by atoms with Gasteiger partial charge in [0.2, 0.25) is 0 Å². The molecular formula is C8H13ClN4. The number of rotatable bonds is 0. The molecule has 5 heteroatoms. The quantitative estimate of drug-likeness (QED) is 0.671. The highest BCUT2D eigenvalue weighted by atomic mass is 35.5. The first kappa shape index (κ1) is 10.1. The van der Waals surface area contributed by atoms with Gasteiger partial charge in [-0.05, 0) is 13.8 Å². The van der Waals surface area contributed by atoms with Crippen LogP contribution in [-0.4, -0.2) is 21.4 Å². The summed E-state index contributed by atoms with van der Waals surface area (Å²) in [6.07, 6.45) is 1.82. The van der Waals surface area contributed by atoms with E-state index in [1.807, 2.05) is 20.2 Å². The Kier molecular flexibility index (Phi) is 2.61. The van der Waals surface area contributed by atoms with E-state index in [2.05, 4.69) is 14.5 Å². The molecule has 13 heavy (non-hydrogen) atoms. The number of aryl methyl sites for hydroxylation is 1. The first-order chi connectivity index (χ1) is 5.68. The zero-order valence-electron chi connectivity index (χ0n) is 7.69. The van der Waals surface area contributed by atoms with Crippen LogP contribution < -0.4 is 5.73 Å². The van der Waals surface area contributed by atoms with E-state index in [0.29, 0.717) is 5.84 Å². The molecule has 2 rings (SSSR count). The first-order valence-corrected chi connectivity index (χ1v) is 4.04. The molecule has 2 heterocycles. The van der Waals surface area contributed by atoms with Gasteiger partial charge in [0.1, 0.15) is 11.5 Å². The van der Waals surface area contributed by atoms with Gasteiger partial charge in [0, 0.05) is 6.54 Å². The monoisotopic (exact) mass is 200 g/mol. The third-order valence-electron chi connectivity index (χ3n) is 2.08. The van der Waals surface area contributed by atoms with E-state index in [1.165, 1.54) is 0 Å². The van der Waals surface area contributed by atoms with Gasteiger partial charge < -0.3 is 10.3 Å². The number of nitrogens with zero attached hydrogens (tertiary/aromatic N) is 3. The number of amidine groups is 1. The van der Waals surface area contributed by atoms with Gasteiger partial charge in [-0.3, -0.25) is 4.99 Å². The van der Waals surface area contributed by atoms with Gasteiger partial charge in [-0.1, -0.05) is 0 Å². The summed E-state index contributed by atoms with van der Waals surface area (Å²) in [6, 6.07) is 0.270. The molecule has 1 atom stereocenters. The van der Waals surface area contributed by atoms with Crippen LogP contribution in [0.15, 0.2) is 11.3 Å². The van der Waals surface area contributed by atoms with Crippen LogP contribution in [-0.2, 0) is 6.54 Å². The molecule has 0 amide bonds. The molecular weight excluding hydrogens is 188 g/mol. The largest absolute Gasteiger partial charge is 0.382 e. The molecule has 0 aromatic carbocycles. The molecule has 1 aromatic heterocycles. The molecule has 0 saturated heterocycles. The lowest BCUT2D eigenvalue weighted by Crippen LogP contribution is -2.29. The zero-order valence-corrected chi connectivity index (χ0v) is 8.51. The standard InChI is InChI=1S/C8H12N4.ClH/c1-5-3-12-4-10-6(2)7(12)8(9)11-5;/h4-5H,3H2,1-2H3,(H2,9,11);1H. The molecule has 0 aliphatic carbocycles. The Morgan fingerprint density at radius 3 is 3.00 bits per heavy atom. The fourth-order valence-corrected chi connectivity index (χ4v) is 1.58. The average molecular weight is 201 g/mol. The number of nitrogens with two attached hydrogens (primary N) is 1. The highest BCUT2D eigenvalue weighted by Gasteiger charge is 2.18. The Morgan fingerprint density at radius 2 is 2.31 bits per heavy atom. The highest BCUT2D eigenvalue weighted by Crippen LogP contribution is 2.13. The first-order valence-electron chi connectivity index (χ1n) is 4.04. The molecule has 0 spiro atoms. The van der Waals surface area contributed by atoms with Crippen molar-refractivity contribution in [3.63, 3.8) is 0 Å². The zero-order chi connectivity index (χ0) is 8.72. The van der Waals surface area contributed by atoms with Crippen molar-refractivity contribution in [3.8, 4) is 0 Å². The van der Waals surface area contributed by atoms with Gasteiger partial charge in [-0.2, -0.15) is 0 Å². The second kappa shape index (κ2) is 3.38. The summed E-state index contributed by atoms with van der Waals surface area (Å²) in [5.41, 5.74) is 7.71. The normalized spacial score (nSPS) is 20.2. The van der Waals surface area contributed by atoms with Gasteiger partial charge >= 0.3 is 0 Å². The maximum Gasteiger partial charge on any atom is 0.144 e. The van der Waals surface area contributed by atoms with Crippen LogP contribution in [0.4, 0.5) is 0 Å². The van der Waals surface area contributed by atoms with Crippen LogP contribution in [0, 0.1) is 6.92 Å². The van der Waals surface area contributed by atoms with Crippen molar-refractivity contribution in [2.75, 3.05) is 0 Å². The molecule has 0 fully saturated rings. The van der Waals surface area contributed by atoms with E-state index >= 15 is 0 Å². The predicted octanol–water partition coefficient (Wildman–Crippen LogP) is 0.721. The Balaban J connectivity index is 0.000000845. The fourth-order valence-electron chi connectivity index (χ4n) is 1.58. The van der Waals surface area contributed by atoms with Crippen molar-refractivity contribution in [2.24, 2.45) is 10.7 Å². The second-order valence-corrected chi connectivity index (χ2v) is 3.19. The van der Waals surface area contributed by atoms with Crippen molar-refractivity contribution in [3.05, 3.63) is 17.7 Å². The molecule has 1 unspecified atom stereocenters. The third kappa shape index (κ3) is 1.54. The van der Waals surface area contributed by atoms with Crippen LogP contribution >= 0.6 is 12.4 Å². The minimum atomic E-state index is 0. The van der Waals surface area contributed by atoms with E-state index in [0.717, 1.165) is 17.9 Å². The number of hydrogen-bond acceptors (Lipinski definition) is 3. The Bertz CT molecular complexity index is 342. The van der Waals surface area contributed by atoms with Crippen LogP contribution in [0.1, 0.15) is 18.3 Å². The summed E-state index contributed by atoms with van der Waals surface area (Å²) in [4.78, 5) is 8.48. The maximum atomic E-state index is 5.77. The van der Waals surface area contributed by atoms with Crippen molar-refractivity contribution in [2.45, 2.75) is 26.4 Å². The number of halogens is 1. The van der Waals surface area contributed by atoms with E-state index in [9.17, 15) is 0 Å². The highest BCUT2D eigenvalue weighted by molar-refractivity contribution is 5.97. The number of imidazole rings is 1. The van der Waals surface area contributed by atoms with Gasteiger partial charge in [-0.25, -0.2) is 4.98 Å². The van der Waals surface area contributed by atoms with Gasteiger partial charge in [-0.15, -0.1) is 12.4 Å². The van der Waals surface area contributed by atoms with E-state index < -0.39 is 0 Å². The van der Waals surface area contributed by atoms with Crippen molar-refractivity contribution in [1.29, 1.82) is 0 Å². The van der Waals surface area contributed by atoms with Crippen molar-refractivity contribution in [1.82, 2.24) is 9.55 Å². The number of fused-ring (bicyclic) bond motifs is 1. The van der Waals surface area contributed by atoms with Gasteiger partial charge in [0.15, 0.2) is 0 Å². The predicted molar refractivity (Wildman–Crippen MR) is 54.4 cm³/mol. The number of hydrogen-bond donors (Lipinski definition) is 1. The molecule has 2 N–H and O–H groups in total. The molecule has 0 radical (unpaired) electrons. The number of aliphatic imine (C=N–C) groups is 1. The minimum absolute atomic E-state index is 0. The lowest BCUT2D eigenvalue weighted by molar-refractivity contribution is 0.571. The SMILES string of the molecule is Cc1ncn2c1C(N)=NC(C)C2.Cl. The van der Waals surface area contributed by atoms with Crippen LogP contribution in [0.3, 0.4) is 0 Å². The lowest BCUT2D eigenvalue weighted by atomic mass is 10.2. The van der Waals surface area contributed by atoms with Gasteiger partial charge in [0.25, 0.3) is 0 Å². The summed E-state index contributed by atoms with van der Waals surface area (Å²) >= 11 is 0. The summed E-state index contributed by atoms with van der Waals surface area (Å²) in [5.74, 6) is 0.615. The lowest BCUT2D eigenvalue weighted by Gasteiger charge is -2.17. The minimum Gasteiger partial charge on any atom is -0.382 e. The molecule has 1 aliphatic rings. The third-order valence-corrected chi connectivity index (χ3v) is 2.08. The van der Waals surface area contributed by atoms with Crippen molar-refractivity contribution >= 4 is 18.2 Å². The molecule has 72 valence electrons. The van der Waals surface area contributed by atoms with Crippen LogP contribution in [0.25, 0.3) is 0 Å². The van der Waals surface area contributed by atoms with E-state index in [-0.39, 0.29) is 18.4 Å². The van der Waals surface area contributed by atoms with E-state index in [4.69, 9.17) is 5.73 Å². The van der Waals surface area contributed by atoms with Crippen LogP contribution in [0.2, 0.25) is 0 Å². The summed E-state index contributed by atoms with van der Waals surface area (Å²) in [7, 11) is 0. The second-order valence-electron chi connectivity index (χ2n) is 3.19. The summed E-state index contributed by atoms with van der Waals surface area (Å²) in [6.45, 7) is 4.88. The molecule has 0 bridgehead atoms. The van der Waals surface area contributed by atoms with Gasteiger partial charge in [0.05, 0.1) is 18.1 Å². The molecule has 0 saturated carbocycles. The molecule has 4 nitrogen and oxygen atoms in total. The summed E-state index contributed by atoms with van der Waals surface area (Å²) < 4.78 is 2.06. The number of aromatic nitrogens is 2. The molecule has 1 aliphatic heterocycles. The summed E-state index contributed by atoms with van der Waals surface area (Å²) in [5, 5.41) is 0. The molecule has 1 aromatic rings. The smallest absolute Gasteiger partial charge is 0.144 e. The topological polar surface area (TPSA) is 56.2 Å². The average Bonchev–Trinajstić information content (AvgIpc) is 2.31. The Morgan fingerprint density at radius 1 is 1.62 bits per heavy atom. The van der Waals surface area contributed by atoms with E-state index in [1.54, 1.807) is 0 Å². The Labute approximate surface area is 83.3 Å². The van der Waals surface area contributed by atoms with Crippen molar-refractivity contribution < 1.29 is 0 Å². The maximum absolute atomic E-state index is 5.77. The Hall–Kier alpha value is -1.03.